The average Bonchev–Trinajstić information content (AvgIpc) is 2.95. The highest BCUT2D eigenvalue weighted by atomic mass is 16.5. The zero-order valence-corrected chi connectivity index (χ0v) is 17.7. The minimum Gasteiger partial charge on any atom is -0.494 e. The highest BCUT2D eigenvalue weighted by molar-refractivity contribution is 5.97. The molecule has 6 nitrogen and oxygen atoms in total. The highest BCUT2D eigenvalue weighted by Gasteiger charge is 2.22. The maximum Gasteiger partial charge on any atom is 0.375 e. The molecule has 0 N–H and O–H groups in total. The van der Waals surface area contributed by atoms with Gasteiger partial charge < -0.3 is 18.8 Å². The molecule has 1 amide bonds. The fourth-order valence-corrected chi connectivity index (χ4v) is 3.10. The maximum atomic E-state index is 12.5. The van der Waals surface area contributed by atoms with Gasteiger partial charge >= 0.3 is 5.97 Å². The Morgan fingerprint density at radius 3 is 2.32 bits per heavy atom. The Labute approximate surface area is 166 Å². The second-order valence-corrected chi connectivity index (χ2v) is 7.81. The van der Waals surface area contributed by atoms with Crippen LogP contribution in [0.25, 0.3) is 11.0 Å². The van der Waals surface area contributed by atoms with Gasteiger partial charge in [0.05, 0.1) is 6.61 Å². The summed E-state index contributed by atoms with van der Waals surface area (Å²) in [6.45, 7) is 13.5. The van der Waals surface area contributed by atoms with Gasteiger partial charge in [-0.25, -0.2) is 4.79 Å². The summed E-state index contributed by atoms with van der Waals surface area (Å²) in [4.78, 5) is 26.8. The number of benzene rings is 1. The number of hydrogen-bond donors (Lipinski definition) is 0. The van der Waals surface area contributed by atoms with E-state index in [1.165, 1.54) is 0 Å². The largest absolute Gasteiger partial charge is 0.494 e. The van der Waals surface area contributed by atoms with Crippen molar-refractivity contribution in [3.05, 3.63) is 29.5 Å². The van der Waals surface area contributed by atoms with Crippen LogP contribution in [-0.4, -0.2) is 43.1 Å². The monoisotopic (exact) mass is 389 g/mol. The minimum atomic E-state index is -0.631. The van der Waals surface area contributed by atoms with Crippen LogP contribution in [-0.2, 0) is 9.53 Å². The molecule has 6 heteroatoms. The number of rotatable bonds is 9. The summed E-state index contributed by atoms with van der Waals surface area (Å²) < 4.78 is 16.4. The summed E-state index contributed by atoms with van der Waals surface area (Å²) in [7, 11) is 0. The lowest BCUT2D eigenvalue weighted by molar-refractivity contribution is -0.135. The van der Waals surface area contributed by atoms with E-state index in [2.05, 4.69) is 27.7 Å². The molecule has 1 aromatic heterocycles. The van der Waals surface area contributed by atoms with E-state index in [-0.39, 0.29) is 18.3 Å². The number of fused-ring (bicyclic) bond motifs is 1. The number of amides is 1. The van der Waals surface area contributed by atoms with Crippen molar-refractivity contribution in [1.29, 1.82) is 0 Å². The number of hydrogen-bond acceptors (Lipinski definition) is 5. The Balaban J connectivity index is 2.09. The lowest BCUT2D eigenvalue weighted by Gasteiger charge is -2.26. The minimum absolute atomic E-state index is 0.121. The highest BCUT2D eigenvalue weighted by Crippen LogP contribution is 2.29. The Hall–Kier alpha value is -2.50. The van der Waals surface area contributed by atoms with E-state index in [0.717, 1.165) is 5.39 Å². The first-order chi connectivity index (χ1) is 13.2. The third-order valence-corrected chi connectivity index (χ3v) is 4.25. The topological polar surface area (TPSA) is 69.0 Å². The summed E-state index contributed by atoms with van der Waals surface area (Å²) in [6.07, 6.45) is 0. The predicted molar refractivity (Wildman–Crippen MR) is 109 cm³/mol. The first kappa shape index (κ1) is 21.8. The number of carbonyl (C=O) groups is 2. The van der Waals surface area contributed by atoms with Gasteiger partial charge in [-0.2, -0.15) is 0 Å². The maximum absolute atomic E-state index is 12.5. The van der Waals surface area contributed by atoms with Crippen molar-refractivity contribution in [2.75, 3.05) is 26.3 Å². The van der Waals surface area contributed by atoms with Crippen LogP contribution in [0.15, 0.2) is 22.6 Å². The van der Waals surface area contributed by atoms with Crippen LogP contribution in [0, 0.1) is 18.8 Å². The van der Waals surface area contributed by atoms with Crippen LogP contribution in [0.1, 0.15) is 50.7 Å². The molecule has 0 spiro atoms. The molecule has 1 heterocycles. The summed E-state index contributed by atoms with van der Waals surface area (Å²) in [5, 5.41) is 0.797. The summed E-state index contributed by atoms with van der Waals surface area (Å²) in [5.74, 6) is 0.700. The lowest BCUT2D eigenvalue weighted by atomic mass is 10.1. The SMILES string of the molecule is CCOc1ccc2oc(C(=O)OCC(=O)N(CC(C)C)CC(C)C)c(C)c2c1. The fraction of sp³-hybridized carbons (Fsp3) is 0.545. The Morgan fingerprint density at radius 2 is 1.75 bits per heavy atom. The number of carbonyl (C=O) groups excluding carboxylic acids is 2. The van der Waals surface area contributed by atoms with Gasteiger partial charge in [0, 0.05) is 24.0 Å². The van der Waals surface area contributed by atoms with Crippen molar-refractivity contribution < 1.29 is 23.5 Å². The van der Waals surface area contributed by atoms with Gasteiger partial charge in [-0.15, -0.1) is 0 Å². The van der Waals surface area contributed by atoms with Crippen LogP contribution < -0.4 is 4.74 Å². The smallest absolute Gasteiger partial charge is 0.375 e. The number of nitrogens with zero attached hydrogens (tertiary/aromatic N) is 1. The molecule has 2 aromatic rings. The number of ether oxygens (including phenoxy) is 2. The summed E-state index contributed by atoms with van der Waals surface area (Å²) in [6, 6.07) is 5.40. The molecule has 0 atom stereocenters. The fourth-order valence-electron chi connectivity index (χ4n) is 3.10. The standard InChI is InChI=1S/C22H31NO5/c1-7-26-17-8-9-19-18(10-17)16(6)21(28-19)22(25)27-13-20(24)23(11-14(2)3)12-15(4)5/h8-10,14-15H,7,11-13H2,1-6H3. The molecule has 0 saturated heterocycles. The second-order valence-electron chi connectivity index (χ2n) is 7.81. The Bertz CT molecular complexity index is 812. The predicted octanol–water partition coefficient (Wildman–Crippen LogP) is 4.44. The van der Waals surface area contributed by atoms with Crippen molar-refractivity contribution >= 4 is 22.8 Å². The van der Waals surface area contributed by atoms with E-state index >= 15 is 0 Å². The molecule has 154 valence electrons. The van der Waals surface area contributed by atoms with Gasteiger partial charge in [0.25, 0.3) is 5.91 Å². The van der Waals surface area contributed by atoms with E-state index in [9.17, 15) is 9.59 Å². The van der Waals surface area contributed by atoms with Crippen LogP contribution in [0.4, 0.5) is 0 Å². The van der Waals surface area contributed by atoms with Crippen molar-refractivity contribution in [1.82, 2.24) is 4.90 Å². The quantitative estimate of drug-likeness (QED) is 0.593. The molecular formula is C22H31NO5. The molecule has 28 heavy (non-hydrogen) atoms. The molecule has 0 fully saturated rings. The average molecular weight is 389 g/mol. The van der Waals surface area contributed by atoms with Crippen LogP contribution in [0.5, 0.6) is 5.75 Å². The Kier molecular flexibility index (Phi) is 7.49. The molecule has 0 aliphatic heterocycles. The van der Waals surface area contributed by atoms with Gasteiger partial charge in [-0.1, -0.05) is 27.7 Å². The summed E-state index contributed by atoms with van der Waals surface area (Å²) in [5.41, 5.74) is 1.26. The van der Waals surface area contributed by atoms with Crippen LogP contribution >= 0.6 is 0 Å². The zero-order chi connectivity index (χ0) is 20.8. The van der Waals surface area contributed by atoms with Gasteiger partial charge in [0.2, 0.25) is 5.76 Å². The number of esters is 1. The van der Waals surface area contributed by atoms with Crippen LogP contribution in [0.2, 0.25) is 0 Å². The van der Waals surface area contributed by atoms with E-state index in [4.69, 9.17) is 13.9 Å². The molecule has 2 rings (SSSR count). The molecule has 0 aliphatic carbocycles. The van der Waals surface area contributed by atoms with E-state index in [1.807, 2.05) is 13.0 Å². The molecule has 0 unspecified atom stereocenters. The molecule has 0 bridgehead atoms. The number of aryl methyl sites for hydroxylation is 1. The first-order valence-corrected chi connectivity index (χ1v) is 9.83. The molecule has 0 aliphatic rings. The van der Waals surface area contributed by atoms with Crippen molar-refractivity contribution in [2.24, 2.45) is 11.8 Å². The van der Waals surface area contributed by atoms with E-state index in [1.54, 1.807) is 24.0 Å². The first-order valence-electron chi connectivity index (χ1n) is 9.83. The third-order valence-electron chi connectivity index (χ3n) is 4.25. The normalized spacial score (nSPS) is 11.3. The van der Waals surface area contributed by atoms with E-state index in [0.29, 0.717) is 48.4 Å². The molecular weight excluding hydrogens is 358 g/mol. The van der Waals surface area contributed by atoms with Crippen molar-refractivity contribution in [3.8, 4) is 5.75 Å². The Morgan fingerprint density at radius 1 is 1.11 bits per heavy atom. The molecule has 1 aromatic carbocycles. The van der Waals surface area contributed by atoms with Crippen molar-refractivity contribution in [3.63, 3.8) is 0 Å². The van der Waals surface area contributed by atoms with Gasteiger partial charge in [0.1, 0.15) is 11.3 Å². The summed E-state index contributed by atoms with van der Waals surface area (Å²) >= 11 is 0. The van der Waals surface area contributed by atoms with E-state index < -0.39 is 5.97 Å². The number of furan rings is 1. The zero-order valence-electron chi connectivity index (χ0n) is 17.7. The van der Waals surface area contributed by atoms with Crippen molar-refractivity contribution in [2.45, 2.75) is 41.5 Å². The molecule has 0 saturated carbocycles. The van der Waals surface area contributed by atoms with Gasteiger partial charge in [-0.3, -0.25) is 4.79 Å². The van der Waals surface area contributed by atoms with Gasteiger partial charge in [0.15, 0.2) is 6.61 Å². The van der Waals surface area contributed by atoms with Gasteiger partial charge in [-0.05, 0) is 43.9 Å². The molecule has 0 radical (unpaired) electrons. The van der Waals surface area contributed by atoms with Crippen LogP contribution in [0.3, 0.4) is 0 Å². The lowest BCUT2D eigenvalue weighted by Crippen LogP contribution is -2.39. The second kappa shape index (κ2) is 9.62. The third kappa shape index (κ3) is 5.50.